The molecule has 0 saturated heterocycles. The van der Waals surface area contributed by atoms with Crippen LogP contribution in [0.2, 0.25) is 0 Å². The Morgan fingerprint density at radius 3 is 2.14 bits per heavy atom. The first-order valence-corrected chi connectivity index (χ1v) is 15.4. The summed E-state index contributed by atoms with van der Waals surface area (Å²) in [6.45, 7) is 4.42. The predicted molar refractivity (Wildman–Crippen MR) is 176 cm³/mol. The van der Waals surface area contributed by atoms with E-state index in [1.54, 1.807) is 12.0 Å². The highest BCUT2D eigenvalue weighted by Gasteiger charge is 2.48. The molecule has 1 aliphatic carbocycles. The number of benzene rings is 4. The summed E-state index contributed by atoms with van der Waals surface area (Å²) in [6.07, 6.45) is 4.09. The average Bonchev–Trinajstić information content (AvgIpc) is 3.05. The minimum absolute atomic E-state index is 0.0553. The van der Waals surface area contributed by atoms with Crippen LogP contribution in [0.15, 0.2) is 91.0 Å². The number of methoxy groups -OCH3 is 1. The zero-order chi connectivity index (χ0) is 30.7. The van der Waals surface area contributed by atoms with Gasteiger partial charge in [-0.2, -0.15) is 0 Å². The van der Waals surface area contributed by atoms with Gasteiger partial charge in [0, 0.05) is 23.1 Å². The largest absolute Gasteiger partial charge is 0.496 e. The van der Waals surface area contributed by atoms with Crippen LogP contribution in [0.5, 0.6) is 5.75 Å². The maximum Gasteiger partial charge on any atom is 0.323 e. The van der Waals surface area contributed by atoms with Crippen molar-refractivity contribution in [3.05, 3.63) is 119 Å². The summed E-state index contributed by atoms with van der Waals surface area (Å²) in [5.74, 6) is 0.568. The molecule has 3 amide bonds. The van der Waals surface area contributed by atoms with Gasteiger partial charge >= 0.3 is 6.03 Å². The molecule has 0 radical (unpaired) electrons. The van der Waals surface area contributed by atoms with Gasteiger partial charge in [-0.3, -0.25) is 4.79 Å². The standard InChI is InChI=1S/C37H40N4O3/c1-25-17-18-29(23-33(25)44-3)39-35(42)37(19-11-6-12-20-37)41-24-31-26(2)21-30(22-32(31)40-36(41)43)38-34(27-13-7-4-8-14-27)28-15-9-5-10-16-28/h4-5,7-10,13-18,21-23,34,38H,6,11-12,19-20,24H2,1-3H3,(H,39,42)(H,40,43). The summed E-state index contributed by atoms with van der Waals surface area (Å²) in [6, 6.07) is 30.2. The van der Waals surface area contributed by atoms with Crippen molar-refractivity contribution < 1.29 is 14.3 Å². The Hall–Kier alpha value is -4.78. The third kappa shape index (κ3) is 5.74. The Bertz CT molecular complexity index is 1610. The van der Waals surface area contributed by atoms with Crippen molar-refractivity contribution in [2.24, 2.45) is 0 Å². The van der Waals surface area contributed by atoms with E-state index in [1.165, 1.54) is 0 Å². The highest BCUT2D eigenvalue weighted by molar-refractivity contribution is 6.03. The highest BCUT2D eigenvalue weighted by Crippen LogP contribution is 2.41. The van der Waals surface area contributed by atoms with Crippen LogP contribution < -0.4 is 20.7 Å². The molecule has 0 aromatic heterocycles. The Morgan fingerprint density at radius 1 is 0.841 bits per heavy atom. The first-order chi connectivity index (χ1) is 21.4. The third-order valence-electron chi connectivity index (χ3n) is 9.14. The zero-order valence-corrected chi connectivity index (χ0v) is 25.7. The predicted octanol–water partition coefficient (Wildman–Crippen LogP) is 8.20. The molecule has 0 spiro atoms. The second-order valence-electron chi connectivity index (χ2n) is 12.0. The molecule has 2 aliphatic rings. The first-order valence-electron chi connectivity index (χ1n) is 15.4. The van der Waals surface area contributed by atoms with E-state index in [1.807, 2.05) is 67.6 Å². The molecule has 0 atom stereocenters. The second kappa shape index (κ2) is 12.4. The Labute approximate surface area is 259 Å². The van der Waals surface area contributed by atoms with E-state index in [4.69, 9.17) is 4.74 Å². The summed E-state index contributed by atoms with van der Waals surface area (Å²) >= 11 is 0. The minimum Gasteiger partial charge on any atom is -0.496 e. The fraction of sp³-hybridized carbons (Fsp3) is 0.297. The van der Waals surface area contributed by atoms with Crippen LogP contribution in [0.1, 0.15) is 66.0 Å². The average molecular weight is 589 g/mol. The number of nitrogens with one attached hydrogen (secondary N) is 3. The number of rotatable bonds is 8. The van der Waals surface area contributed by atoms with Crippen molar-refractivity contribution in [1.29, 1.82) is 0 Å². The number of fused-ring (bicyclic) bond motifs is 1. The lowest BCUT2D eigenvalue weighted by Gasteiger charge is -2.47. The molecule has 7 nitrogen and oxygen atoms in total. The van der Waals surface area contributed by atoms with E-state index in [0.29, 0.717) is 30.8 Å². The lowest BCUT2D eigenvalue weighted by atomic mass is 9.78. The summed E-state index contributed by atoms with van der Waals surface area (Å²) < 4.78 is 5.48. The van der Waals surface area contributed by atoms with Crippen LogP contribution in [0.25, 0.3) is 0 Å². The Morgan fingerprint density at radius 2 is 1.50 bits per heavy atom. The number of amides is 3. The molecule has 6 rings (SSSR count). The normalized spacial score (nSPS) is 15.7. The maximum absolute atomic E-state index is 14.1. The molecule has 7 heteroatoms. The van der Waals surface area contributed by atoms with Gasteiger partial charge in [-0.25, -0.2) is 4.79 Å². The molecule has 0 unspecified atom stereocenters. The van der Waals surface area contributed by atoms with Gasteiger partial charge in [0.05, 0.1) is 19.7 Å². The molecule has 1 heterocycles. The van der Waals surface area contributed by atoms with Crippen LogP contribution in [-0.2, 0) is 11.3 Å². The molecule has 1 saturated carbocycles. The number of carbonyl (C=O) groups excluding carboxylic acids is 2. The summed E-state index contributed by atoms with van der Waals surface area (Å²) in [5.41, 5.74) is 6.82. The summed E-state index contributed by atoms with van der Waals surface area (Å²) in [4.78, 5) is 29.7. The molecule has 3 N–H and O–H groups in total. The van der Waals surface area contributed by atoms with Gasteiger partial charge in [0.2, 0.25) is 5.91 Å². The monoisotopic (exact) mass is 588 g/mol. The number of ether oxygens (including phenoxy) is 1. The number of hydrogen-bond acceptors (Lipinski definition) is 4. The number of hydrogen-bond donors (Lipinski definition) is 3. The van der Waals surface area contributed by atoms with E-state index in [-0.39, 0.29) is 18.0 Å². The van der Waals surface area contributed by atoms with Gasteiger partial charge < -0.3 is 25.6 Å². The lowest BCUT2D eigenvalue weighted by Crippen LogP contribution is -2.61. The van der Waals surface area contributed by atoms with E-state index < -0.39 is 5.54 Å². The van der Waals surface area contributed by atoms with E-state index in [0.717, 1.165) is 58.5 Å². The van der Waals surface area contributed by atoms with Gasteiger partial charge in [-0.15, -0.1) is 0 Å². The zero-order valence-electron chi connectivity index (χ0n) is 25.7. The van der Waals surface area contributed by atoms with Gasteiger partial charge in [0.1, 0.15) is 11.3 Å². The van der Waals surface area contributed by atoms with Crippen LogP contribution >= 0.6 is 0 Å². The molecule has 4 aromatic carbocycles. The van der Waals surface area contributed by atoms with E-state index >= 15 is 0 Å². The van der Waals surface area contributed by atoms with Crippen molar-refractivity contribution in [3.63, 3.8) is 0 Å². The lowest BCUT2D eigenvalue weighted by molar-refractivity contribution is -0.128. The molecule has 44 heavy (non-hydrogen) atoms. The van der Waals surface area contributed by atoms with Crippen LogP contribution in [0.4, 0.5) is 21.9 Å². The van der Waals surface area contributed by atoms with Gasteiger partial charge in [-0.1, -0.05) is 86.0 Å². The molecule has 1 fully saturated rings. The molecule has 1 aliphatic heterocycles. The van der Waals surface area contributed by atoms with Gasteiger partial charge in [0.15, 0.2) is 0 Å². The van der Waals surface area contributed by atoms with Crippen LogP contribution in [0.3, 0.4) is 0 Å². The highest BCUT2D eigenvalue weighted by atomic mass is 16.5. The number of aryl methyl sites for hydroxylation is 2. The van der Waals surface area contributed by atoms with Crippen molar-refractivity contribution >= 4 is 29.0 Å². The Kier molecular flexibility index (Phi) is 8.29. The van der Waals surface area contributed by atoms with Crippen LogP contribution in [0, 0.1) is 13.8 Å². The fourth-order valence-electron chi connectivity index (χ4n) is 6.70. The minimum atomic E-state index is -0.937. The third-order valence-corrected chi connectivity index (χ3v) is 9.14. The van der Waals surface area contributed by atoms with Crippen molar-refractivity contribution in [2.45, 2.75) is 64.1 Å². The quantitative estimate of drug-likeness (QED) is 0.194. The Balaban J connectivity index is 1.29. The number of anilines is 3. The van der Waals surface area contributed by atoms with Crippen molar-refractivity contribution in [2.75, 3.05) is 23.1 Å². The number of nitrogens with zero attached hydrogens (tertiary/aromatic N) is 1. The van der Waals surface area contributed by atoms with Crippen LogP contribution in [-0.4, -0.2) is 29.5 Å². The van der Waals surface area contributed by atoms with Gasteiger partial charge in [-0.05, 0) is 72.7 Å². The maximum atomic E-state index is 14.1. The SMILES string of the molecule is COc1cc(NC(=O)C2(N3Cc4c(C)cc(NC(c5ccccc5)c5ccccc5)cc4NC3=O)CCCCC2)ccc1C. The topological polar surface area (TPSA) is 82.7 Å². The van der Waals surface area contributed by atoms with Crippen molar-refractivity contribution in [1.82, 2.24) is 4.90 Å². The van der Waals surface area contributed by atoms with Gasteiger partial charge in [0.25, 0.3) is 0 Å². The molecule has 226 valence electrons. The second-order valence-corrected chi connectivity index (χ2v) is 12.0. The van der Waals surface area contributed by atoms with E-state index in [2.05, 4.69) is 53.2 Å². The summed E-state index contributed by atoms with van der Waals surface area (Å²) in [7, 11) is 1.62. The first kappa shape index (κ1) is 29.3. The molecule has 0 bridgehead atoms. The smallest absolute Gasteiger partial charge is 0.323 e. The molecular weight excluding hydrogens is 548 g/mol. The molecular formula is C37H40N4O3. The number of urea groups is 1. The van der Waals surface area contributed by atoms with Crippen molar-refractivity contribution in [3.8, 4) is 5.75 Å². The summed E-state index contributed by atoms with van der Waals surface area (Å²) in [5, 5.41) is 10.00. The fourth-order valence-corrected chi connectivity index (χ4v) is 6.70. The molecule has 4 aromatic rings. The van der Waals surface area contributed by atoms with E-state index in [9.17, 15) is 9.59 Å². The number of carbonyl (C=O) groups is 2.